The zero-order chi connectivity index (χ0) is 17.0. The number of ether oxygens (including phenoxy) is 2. The van der Waals surface area contributed by atoms with Gasteiger partial charge in [0.1, 0.15) is 30.2 Å². The number of aliphatic hydroxyl groups is 4. The van der Waals surface area contributed by atoms with Crippen molar-refractivity contribution in [3.05, 3.63) is 35.9 Å². The van der Waals surface area contributed by atoms with Crippen molar-refractivity contribution < 1.29 is 91.2 Å². The number of benzene rings is 1. The van der Waals surface area contributed by atoms with E-state index in [1.54, 1.807) is 12.1 Å². The molecule has 1 aliphatic rings. The summed E-state index contributed by atoms with van der Waals surface area (Å²) in [5, 5.41) is 48.6. The van der Waals surface area contributed by atoms with Gasteiger partial charge in [0.25, 0.3) is 0 Å². The Kier molecular flexibility index (Phi) is 9.02. The molecule has 4 N–H and O–H groups in total. The van der Waals surface area contributed by atoms with Crippen LogP contribution in [-0.4, -0.2) is 63.7 Å². The summed E-state index contributed by atoms with van der Waals surface area (Å²) in [4.78, 5) is 10.3. The van der Waals surface area contributed by atoms with E-state index in [2.05, 4.69) is 0 Å². The quantitative estimate of drug-likeness (QED) is 0.300. The van der Waals surface area contributed by atoms with Crippen LogP contribution in [0.15, 0.2) is 30.3 Å². The molecule has 0 radical (unpaired) electrons. The molecule has 0 aromatic heterocycles. The number of aliphatic hydroxyl groups excluding tert-OH is 4. The number of aliphatic carboxylic acids is 1. The summed E-state index contributed by atoms with van der Waals surface area (Å²) in [5.74, 6) is -1.02. The second-order valence-electron chi connectivity index (χ2n) is 5.04. The molecule has 1 aromatic rings. The third-order valence-corrected chi connectivity index (χ3v) is 3.39. The van der Waals surface area contributed by atoms with Gasteiger partial charge in [-0.25, -0.2) is 0 Å². The Balaban J connectivity index is 0.00000288. The van der Waals surface area contributed by atoms with E-state index in [-0.39, 0.29) is 51.4 Å². The molecular weight excluding hydrogens is 347 g/mol. The Morgan fingerprint density at radius 2 is 1.79 bits per heavy atom. The fraction of sp³-hybridized carbons (Fsp3) is 0.400. The molecule has 0 aliphatic carbocycles. The second-order valence-corrected chi connectivity index (χ2v) is 5.04. The predicted molar refractivity (Wildman–Crippen MR) is 74.9 cm³/mol. The summed E-state index contributed by atoms with van der Waals surface area (Å²) in [6.45, 7) is -0.544. The fourth-order valence-corrected chi connectivity index (χ4v) is 2.12. The maximum absolute atomic E-state index is 10.3. The van der Waals surface area contributed by atoms with E-state index in [1.165, 1.54) is 18.2 Å². The summed E-state index contributed by atoms with van der Waals surface area (Å²) in [7, 11) is 0. The SMILES string of the molecule is O=C([O-])/C=C/c1ccc(O[C@@H]2O[C@H](CO)[C@@H](O)[C@H](O)[C@@H]2O)cc1.[K+]. The van der Waals surface area contributed by atoms with Crippen LogP contribution in [0.3, 0.4) is 0 Å². The zero-order valence-corrected chi connectivity index (χ0v) is 16.1. The van der Waals surface area contributed by atoms with Crippen molar-refractivity contribution >= 4 is 12.0 Å². The number of carbonyl (C=O) groups is 1. The van der Waals surface area contributed by atoms with Crippen LogP contribution >= 0.6 is 0 Å². The van der Waals surface area contributed by atoms with Gasteiger partial charge in [-0.2, -0.15) is 0 Å². The molecule has 126 valence electrons. The third-order valence-electron chi connectivity index (χ3n) is 3.39. The van der Waals surface area contributed by atoms with Crippen LogP contribution in [0.25, 0.3) is 6.08 Å². The minimum atomic E-state index is -1.52. The van der Waals surface area contributed by atoms with Gasteiger partial charge in [-0.1, -0.05) is 18.2 Å². The minimum Gasteiger partial charge on any atom is -0.545 e. The zero-order valence-electron chi connectivity index (χ0n) is 13.0. The van der Waals surface area contributed by atoms with E-state index in [0.29, 0.717) is 11.3 Å². The van der Waals surface area contributed by atoms with E-state index in [9.17, 15) is 25.2 Å². The van der Waals surface area contributed by atoms with Crippen LogP contribution in [0.2, 0.25) is 0 Å². The molecule has 1 aromatic carbocycles. The smallest absolute Gasteiger partial charge is 0.545 e. The van der Waals surface area contributed by atoms with Gasteiger partial charge in [-0.15, -0.1) is 0 Å². The van der Waals surface area contributed by atoms with Crippen molar-refractivity contribution in [3.8, 4) is 5.75 Å². The maximum atomic E-state index is 10.3. The van der Waals surface area contributed by atoms with Crippen molar-refractivity contribution in [2.75, 3.05) is 6.61 Å². The Morgan fingerprint density at radius 1 is 1.17 bits per heavy atom. The third kappa shape index (κ3) is 5.60. The van der Waals surface area contributed by atoms with E-state index < -0.39 is 43.3 Å². The van der Waals surface area contributed by atoms with E-state index in [4.69, 9.17) is 14.6 Å². The Labute approximate surface area is 180 Å². The monoisotopic (exact) mass is 364 g/mol. The topological polar surface area (TPSA) is 140 Å². The normalized spacial score (nSPS) is 29.9. The molecule has 0 saturated carbocycles. The van der Waals surface area contributed by atoms with Crippen molar-refractivity contribution in [1.82, 2.24) is 0 Å². The van der Waals surface area contributed by atoms with Crippen LogP contribution in [0.5, 0.6) is 5.75 Å². The van der Waals surface area contributed by atoms with Crippen LogP contribution in [-0.2, 0) is 9.53 Å². The number of hydrogen-bond acceptors (Lipinski definition) is 8. The van der Waals surface area contributed by atoms with Gasteiger partial charge >= 0.3 is 51.4 Å². The van der Waals surface area contributed by atoms with E-state index >= 15 is 0 Å². The molecule has 8 nitrogen and oxygen atoms in total. The first-order valence-corrected chi connectivity index (χ1v) is 6.88. The predicted octanol–water partition coefficient (Wildman–Crippen LogP) is -5.37. The Morgan fingerprint density at radius 3 is 2.33 bits per heavy atom. The van der Waals surface area contributed by atoms with Crippen molar-refractivity contribution in [2.24, 2.45) is 0 Å². The van der Waals surface area contributed by atoms with Gasteiger partial charge in [0.15, 0.2) is 0 Å². The number of carbonyl (C=O) groups excluding carboxylic acids is 1. The standard InChI is InChI=1S/C15H18O8.K/c16-7-10-12(19)13(20)14(21)15(23-10)22-9-4-1-8(2-5-9)3-6-11(17)18;/h1-6,10,12-16,19-21H,7H2,(H,17,18);/q;+1/p-1/b6-3+;/t10-,12-,13+,14+,15-;/m1./s1. The van der Waals surface area contributed by atoms with Gasteiger partial charge in [-0.3, -0.25) is 0 Å². The van der Waals surface area contributed by atoms with E-state index in [1.807, 2.05) is 0 Å². The number of carboxylic acid groups (broad SMARTS) is 1. The molecule has 9 heteroatoms. The molecule has 0 spiro atoms. The maximum Gasteiger partial charge on any atom is 1.00 e. The molecule has 1 saturated heterocycles. The van der Waals surface area contributed by atoms with Crippen LogP contribution < -0.4 is 61.2 Å². The first-order chi connectivity index (χ1) is 10.9. The average Bonchev–Trinajstić information content (AvgIpc) is 2.54. The van der Waals surface area contributed by atoms with Gasteiger partial charge in [-0.05, 0) is 23.8 Å². The molecular formula is C15H17KO8. The van der Waals surface area contributed by atoms with E-state index in [0.717, 1.165) is 6.08 Å². The van der Waals surface area contributed by atoms with Gasteiger partial charge in [0, 0.05) is 0 Å². The number of hydrogen-bond donors (Lipinski definition) is 4. The molecule has 2 rings (SSSR count). The molecule has 0 bridgehead atoms. The van der Waals surface area contributed by atoms with Crippen molar-refractivity contribution in [1.29, 1.82) is 0 Å². The molecule has 1 aliphatic heterocycles. The van der Waals surface area contributed by atoms with Crippen LogP contribution in [0.4, 0.5) is 0 Å². The molecule has 5 atom stereocenters. The van der Waals surface area contributed by atoms with Gasteiger partial charge in [0.05, 0.1) is 12.6 Å². The first-order valence-electron chi connectivity index (χ1n) is 6.88. The van der Waals surface area contributed by atoms with Crippen molar-refractivity contribution in [3.63, 3.8) is 0 Å². The average molecular weight is 364 g/mol. The molecule has 0 amide bonds. The summed E-state index contributed by atoms with van der Waals surface area (Å²) in [6.07, 6.45) is -4.56. The summed E-state index contributed by atoms with van der Waals surface area (Å²) >= 11 is 0. The molecule has 0 unspecified atom stereocenters. The molecule has 1 heterocycles. The molecule has 24 heavy (non-hydrogen) atoms. The fourth-order valence-electron chi connectivity index (χ4n) is 2.12. The van der Waals surface area contributed by atoms with Crippen LogP contribution in [0.1, 0.15) is 5.56 Å². The minimum absolute atomic E-state index is 0. The number of carboxylic acids is 1. The summed E-state index contributed by atoms with van der Waals surface area (Å²) in [5.41, 5.74) is 0.593. The first kappa shape index (κ1) is 21.7. The van der Waals surface area contributed by atoms with Gasteiger partial charge < -0.3 is 39.8 Å². The summed E-state index contributed by atoms with van der Waals surface area (Å²) < 4.78 is 10.6. The number of rotatable bonds is 5. The summed E-state index contributed by atoms with van der Waals surface area (Å²) in [6, 6.07) is 6.16. The van der Waals surface area contributed by atoms with Crippen LogP contribution in [0, 0.1) is 0 Å². The van der Waals surface area contributed by atoms with Gasteiger partial charge in [0.2, 0.25) is 6.29 Å². The molecule has 1 fully saturated rings. The second kappa shape index (κ2) is 9.97. The Hall–Kier alpha value is -0.334. The van der Waals surface area contributed by atoms with Crippen molar-refractivity contribution in [2.45, 2.75) is 30.7 Å². The Bertz CT molecular complexity index is 559. The largest absolute Gasteiger partial charge is 1.00 e.